The monoisotopic (exact) mass is 505 g/mol. The van der Waals surface area contributed by atoms with E-state index in [-0.39, 0.29) is 27.7 Å². The summed E-state index contributed by atoms with van der Waals surface area (Å²) < 4.78 is 67.3. The molecule has 0 fully saturated rings. The largest absolute Gasteiger partial charge is 0.325 e. The van der Waals surface area contributed by atoms with Gasteiger partial charge in [-0.1, -0.05) is 11.6 Å². The molecule has 7 nitrogen and oxygen atoms in total. The van der Waals surface area contributed by atoms with Gasteiger partial charge in [-0.3, -0.25) is 0 Å². The van der Waals surface area contributed by atoms with E-state index < -0.39 is 37.9 Å². The Morgan fingerprint density at radius 1 is 0.941 bits per heavy atom. The molecule has 0 bridgehead atoms. The first-order chi connectivity index (χ1) is 16.1. The van der Waals surface area contributed by atoms with Crippen LogP contribution in [0.25, 0.3) is 11.1 Å². The van der Waals surface area contributed by atoms with Crippen LogP contribution in [0.3, 0.4) is 0 Å². The van der Waals surface area contributed by atoms with Gasteiger partial charge in [0.25, 0.3) is 0 Å². The molecule has 0 unspecified atom stereocenters. The van der Waals surface area contributed by atoms with Gasteiger partial charge in [-0.2, -0.15) is 0 Å². The van der Waals surface area contributed by atoms with Crippen LogP contribution in [0, 0.1) is 24.4 Å². The van der Waals surface area contributed by atoms with Gasteiger partial charge in [0.2, 0.25) is 0 Å². The number of hydrogen-bond donors (Lipinski definition) is 1. The fourth-order valence-electron chi connectivity index (χ4n) is 3.14. The van der Waals surface area contributed by atoms with E-state index in [2.05, 4.69) is 25.3 Å². The summed E-state index contributed by atoms with van der Waals surface area (Å²) in [7, 11) is -4.24. The molecule has 1 aromatic carbocycles. The lowest BCUT2D eigenvalue weighted by molar-refractivity contribution is 0.549. The molecule has 0 amide bonds. The highest BCUT2D eigenvalue weighted by Crippen LogP contribution is 2.30. The van der Waals surface area contributed by atoms with E-state index in [9.17, 15) is 21.6 Å². The smallest absolute Gasteiger partial charge is 0.185 e. The van der Waals surface area contributed by atoms with E-state index in [0.29, 0.717) is 17.7 Å². The molecule has 0 aliphatic heterocycles. The molecule has 1 N–H and O–H groups in total. The van der Waals surface area contributed by atoms with Crippen LogP contribution in [-0.2, 0) is 15.6 Å². The van der Waals surface area contributed by atoms with Gasteiger partial charge in [-0.25, -0.2) is 41.5 Å². The van der Waals surface area contributed by atoms with Crippen molar-refractivity contribution < 1.29 is 21.6 Å². The predicted molar refractivity (Wildman–Crippen MR) is 120 cm³/mol. The number of nitrogens with zero attached hydrogens (tertiary/aromatic N) is 4. The SMILES string of the molecule is Cc1nccc(Nc2cc(-c3cnc(Cl)c(CS(=O)(=O)c4ccc(F)cc4F)c3)c(F)cn2)n1. The number of sulfone groups is 1. The minimum Gasteiger partial charge on any atom is -0.325 e. The molecule has 12 heteroatoms. The topological polar surface area (TPSA) is 97.7 Å². The molecule has 0 spiro atoms. The average molecular weight is 506 g/mol. The number of halogens is 4. The first kappa shape index (κ1) is 23.6. The van der Waals surface area contributed by atoms with Gasteiger partial charge in [0.05, 0.1) is 11.9 Å². The summed E-state index contributed by atoms with van der Waals surface area (Å²) in [6, 6.07) is 6.50. The van der Waals surface area contributed by atoms with Crippen molar-refractivity contribution in [3.8, 4) is 11.1 Å². The standard InChI is InChI=1S/C22H15ClF3N5O2S/c1-12-27-5-4-20(30-12)31-21-8-16(18(26)10-28-21)13-6-14(22(23)29-9-13)11-34(32,33)19-3-2-15(24)7-17(19)25/h2-10H,11H2,1H3,(H,27,28,30,31). The van der Waals surface area contributed by atoms with E-state index in [4.69, 9.17) is 11.6 Å². The highest BCUT2D eigenvalue weighted by Gasteiger charge is 2.23. The zero-order valence-corrected chi connectivity index (χ0v) is 19.0. The zero-order chi connectivity index (χ0) is 24.5. The van der Waals surface area contributed by atoms with Crippen LogP contribution in [0.2, 0.25) is 5.15 Å². The maximum atomic E-state index is 14.6. The highest BCUT2D eigenvalue weighted by molar-refractivity contribution is 7.90. The molecular weight excluding hydrogens is 491 g/mol. The third kappa shape index (κ3) is 5.15. The summed E-state index contributed by atoms with van der Waals surface area (Å²) in [4.78, 5) is 15.4. The number of pyridine rings is 2. The van der Waals surface area contributed by atoms with Gasteiger partial charge in [0.15, 0.2) is 9.84 Å². The lowest BCUT2D eigenvalue weighted by Crippen LogP contribution is -2.09. The van der Waals surface area contributed by atoms with E-state index in [1.165, 1.54) is 18.3 Å². The fourth-order valence-corrected chi connectivity index (χ4v) is 4.80. The van der Waals surface area contributed by atoms with Crippen LogP contribution in [0.5, 0.6) is 0 Å². The first-order valence-corrected chi connectivity index (χ1v) is 11.7. The number of aryl methyl sites for hydroxylation is 1. The fraction of sp³-hybridized carbons (Fsp3) is 0.0909. The molecule has 4 rings (SSSR count). The lowest BCUT2D eigenvalue weighted by atomic mass is 10.1. The van der Waals surface area contributed by atoms with Crippen molar-refractivity contribution in [3.63, 3.8) is 0 Å². The van der Waals surface area contributed by atoms with Crippen LogP contribution in [0.15, 0.2) is 59.9 Å². The Hall–Kier alpha value is -3.57. The number of hydrogen-bond acceptors (Lipinski definition) is 7. The third-order valence-electron chi connectivity index (χ3n) is 4.68. The van der Waals surface area contributed by atoms with Crippen molar-refractivity contribution in [2.75, 3.05) is 5.32 Å². The van der Waals surface area contributed by atoms with Crippen LogP contribution in [-0.4, -0.2) is 28.4 Å². The Labute approximate surface area is 197 Å². The van der Waals surface area contributed by atoms with Crippen molar-refractivity contribution >= 4 is 33.1 Å². The molecule has 0 radical (unpaired) electrons. The molecule has 3 heterocycles. The second kappa shape index (κ2) is 9.35. The van der Waals surface area contributed by atoms with Gasteiger partial charge in [0, 0.05) is 35.2 Å². The summed E-state index contributed by atoms with van der Waals surface area (Å²) in [5, 5.41) is 2.78. The number of benzene rings is 1. The summed E-state index contributed by atoms with van der Waals surface area (Å²) in [5.41, 5.74) is 0.301. The number of aromatic nitrogens is 4. The third-order valence-corrected chi connectivity index (χ3v) is 6.72. The quantitative estimate of drug-likeness (QED) is 0.290. The Morgan fingerprint density at radius 3 is 2.47 bits per heavy atom. The predicted octanol–water partition coefficient (Wildman–Crippen LogP) is 5.03. The van der Waals surface area contributed by atoms with Crippen LogP contribution in [0.4, 0.5) is 24.8 Å². The van der Waals surface area contributed by atoms with Crippen LogP contribution >= 0.6 is 11.6 Å². The second-order valence-corrected chi connectivity index (χ2v) is 9.49. The second-order valence-electron chi connectivity index (χ2n) is 7.17. The summed E-state index contributed by atoms with van der Waals surface area (Å²) in [5.74, 6) is -2.31. The molecule has 0 aliphatic carbocycles. The average Bonchev–Trinajstić information content (AvgIpc) is 2.76. The number of rotatable bonds is 6. The molecular formula is C22H15ClF3N5O2S. The lowest BCUT2D eigenvalue weighted by Gasteiger charge is -2.11. The molecule has 34 heavy (non-hydrogen) atoms. The molecule has 0 saturated carbocycles. The summed E-state index contributed by atoms with van der Waals surface area (Å²) in [6.07, 6.45) is 3.81. The molecule has 0 atom stereocenters. The number of nitrogens with one attached hydrogen (secondary N) is 1. The van der Waals surface area contributed by atoms with Gasteiger partial charge in [-0.15, -0.1) is 0 Å². The molecule has 174 valence electrons. The highest BCUT2D eigenvalue weighted by atomic mass is 35.5. The van der Waals surface area contributed by atoms with E-state index in [1.54, 1.807) is 19.2 Å². The Morgan fingerprint density at radius 2 is 1.74 bits per heavy atom. The van der Waals surface area contributed by atoms with Crippen LogP contribution in [0.1, 0.15) is 11.4 Å². The Balaban J connectivity index is 1.68. The van der Waals surface area contributed by atoms with Crippen molar-refractivity contribution in [1.29, 1.82) is 0 Å². The van der Waals surface area contributed by atoms with E-state index in [1.807, 2.05) is 0 Å². The Bertz CT molecular complexity index is 1500. The summed E-state index contributed by atoms with van der Waals surface area (Å²) >= 11 is 6.07. The Kier molecular flexibility index (Phi) is 6.49. The molecule has 4 aromatic rings. The van der Waals surface area contributed by atoms with Gasteiger partial charge in [-0.05, 0) is 37.3 Å². The van der Waals surface area contributed by atoms with E-state index >= 15 is 0 Å². The van der Waals surface area contributed by atoms with Gasteiger partial charge in [0.1, 0.15) is 45.0 Å². The number of anilines is 2. The van der Waals surface area contributed by atoms with Crippen molar-refractivity contribution in [3.05, 3.63) is 89.0 Å². The minimum absolute atomic E-state index is 0.0139. The zero-order valence-electron chi connectivity index (χ0n) is 17.4. The van der Waals surface area contributed by atoms with Gasteiger partial charge < -0.3 is 5.32 Å². The molecule has 0 aliphatic rings. The first-order valence-electron chi connectivity index (χ1n) is 9.67. The molecule has 0 saturated heterocycles. The maximum Gasteiger partial charge on any atom is 0.185 e. The van der Waals surface area contributed by atoms with Crippen LogP contribution < -0.4 is 5.32 Å². The van der Waals surface area contributed by atoms with Crippen molar-refractivity contribution in [2.45, 2.75) is 17.6 Å². The minimum atomic E-state index is -4.24. The van der Waals surface area contributed by atoms with Crippen molar-refractivity contribution in [2.24, 2.45) is 0 Å². The van der Waals surface area contributed by atoms with E-state index in [0.717, 1.165) is 18.3 Å². The molecule has 3 aromatic heterocycles. The normalized spacial score (nSPS) is 11.4. The summed E-state index contributed by atoms with van der Waals surface area (Å²) in [6.45, 7) is 1.71. The van der Waals surface area contributed by atoms with Gasteiger partial charge >= 0.3 is 0 Å². The maximum absolute atomic E-state index is 14.6. The van der Waals surface area contributed by atoms with Crippen molar-refractivity contribution in [1.82, 2.24) is 19.9 Å².